The molecule has 1 unspecified atom stereocenters. The van der Waals surface area contributed by atoms with E-state index in [1.54, 1.807) is 0 Å². The standard InChI is InChI=1S/C30H46O4/c1-18(2)19-9-14-30(25(33)34)16-15-28(5)20(24(19)30)7-8-22-26(3)12-11-23(32)27(4,17-31)21(26)10-13-29(22,28)6/h19-22,24,31H,1,7-17H2,2-6H3,(H,33,34)/t19-,20+,21+,22+,24+,26-,27?,28+,29+,30-/m0/s1. The van der Waals surface area contributed by atoms with Crippen LogP contribution in [-0.4, -0.2) is 28.6 Å². The minimum Gasteiger partial charge on any atom is -0.481 e. The summed E-state index contributed by atoms with van der Waals surface area (Å²) >= 11 is 0. The van der Waals surface area contributed by atoms with Crippen molar-refractivity contribution in [1.82, 2.24) is 0 Å². The van der Waals surface area contributed by atoms with Crippen molar-refractivity contribution in [2.24, 2.45) is 56.7 Å². The summed E-state index contributed by atoms with van der Waals surface area (Å²) in [6.45, 7) is 15.9. The first-order chi connectivity index (χ1) is 15.8. The summed E-state index contributed by atoms with van der Waals surface area (Å²) in [7, 11) is 0. The van der Waals surface area contributed by atoms with Crippen LogP contribution in [0.2, 0.25) is 0 Å². The van der Waals surface area contributed by atoms with Gasteiger partial charge in [0.25, 0.3) is 0 Å². The van der Waals surface area contributed by atoms with E-state index < -0.39 is 16.8 Å². The van der Waals surface area contributed by atoms with E-state index in [1.165, 1.54) is 5.57 Å². The molecule has 4 heteroatoms. The van der Waals surface area contributed by atoms with E-state index in [0.717, 1.165) is 57.8 Å². The Morgan fingerprint density at radius 1 is 0.941 bits per heavy atom. The van der Waals surface area contributed by atoms with Crippen LogP contribution in [0.4, 0.5) is 0 Å². The molecule has 5 rings (SSSR count). The highest BCUT2D eigenvalue weighted by atomic mass is 16.4. The zero-order chi connectivity index (χ0) is 24.9. The maximum Gasteiger partial charge on any atom is 0.309 e. The summed E-state index contributed by atoms with van der Waals surface area (Å²) in [4.78, 5) is 25.7. The number of hydrogen-bond acceptors (Lipinski definition) is 3. The predicted octanol–water partition coefficient (Wildman–Crippen LogP) is 6.27. The number of carboxylic acid groups (broad SMARTS) is 1. The number of rotatable bonds is 3. The third kappa shape index (κ3) is 2.70. The topological polar surface area (TPSA) is 74.6 Å². The Morgan fingerprint density at radius 2 is 1.65 bits per heavy atom. The Kier molecular flexibility index (Phi) is 5.36. The zero-order valence-corrected chi connectivity index (χ0v) is 22.1. The highest BCUT2D eigenvalue weighted by Gasteiger charge is 2.72. The molecule has 0 spiro atoms. The van der Waals surface area contributed by atoms with E-state index in [1.807, 2.05) is 6.92 Å². The zero-order valence-electron chi connectivity index (χ0n) is 22.1. The van der Waals surface area contributed by atoms with Crippen LogP contribution >= 0.6 is 0 Å². The molecule has 5 aliphatic rings. The van der Waals surface area contributed by atoms with E-state index >= 15 is 0 Å². The van der Waals surface area contributed by atoms with Crippen molar-refractivity contribution < 1.29 is 19.8 Å². The number of allylic oxidation sites excluding steroid dienone is 1. The summed E-state index contributed by atoms with van der Waals surface area (Å²) < 4.78 is 0. The van der Waals surface area contributed by atoms with Crippen molar-refractivity contribution >= 4 is 11.8 Å². The fourth-order valence-corrected chi connectivity index (χ4v) is 11.3. The minimum absolute atomic E-state index is 0.0427. The molecule has 10 atom stereocenters. The third-order valence-corrected chi connectivity index (χ3v) is 13.4. The fraction of sp³-hybridized carbons (Fsp3) is 0.867. The second-order valence-electron chi connectivity index (χ2n) is 14.1. The Balaban J connectivity index is 1.57. The van der Waals surface area contributed by atoms with Crippen molar-refractivity contribution in [2.45, 2.75) is 98.8 Å². The molecule has 0 aromatic carbocycles. The first-order valence-electron chi connectivity index (χ1n) is 13.8. The SMILES string of the molecule is C=C(C)[C@@H]1CC[C@]2(C(=O)O)CC[C@]3(C)[C@H](CC[C@@H]4[C@@]5(C)CCC(=O)C(C)(CO)[C@@H]5CC[C@]43C)[C@@H]12. The summed E-state index contributed by atoms with van der Waals surface area (Å²) in [6.07, 6.45) is 9.35. The molecule has 0 saturated heterocycles. The van der Waals surface area contributed by atoms with Gasteiger partial charge in [0, 0.05) is 6.42 Å². The summed E-state index contributed by atoms with van der Waals surface area (Å²) in [5.41, 5.74) is 0.257. The smallest absolute Gasteiger partial charge is 0.309 e. The van der Waals surface area contributed by atoms with Gasteiger partial charge in [-0.3, -0.25) is 9.59 Å². The van der Waals surface area contributed by atoms with Gasteiger partial charge >= 0.3 is 5.97 Å². The second kappa shape index (κ2) is 7.43. The first-order valence-corrected chi connectivity index (χ1v) is 13.8. The Hall–Kier alpha value is -1.16. The first kappa shape index (κ1) is 24.5. The van der Waals surface area contributed by atoms with Crippen molar-refractivity contribution in [1.29, 1.82) is 0 Å². The number of aliphatic hydroxyl groups is 1. The lowest BCUT2D eigenvalue weighted by Crippen LogP contribution is -2.67. The number of carbonyl (C=O) groups excluding carboxylic acids is 1. The number of fused-ring (bicyclic) bond motifs is 7. The predicted molar refractivity (Wildman–Crippen MR) is 133 cm³/mol. The van der Waals surface area contributed by atoms with Gasteiger partial charge in [0.1, 0.15) is 5.78 Å². The van der Waals surface area contributed by atoms with Crippen molar-refractivity contribution in [3.63, 3.8) is 0 Å². The largest absolute Gasteiger partial charge is 0.481 e. The number of ketones is 1. The molecule has 190 valence electrons. The van der Waals surface area contributed by atoms with Gasteiger partial charge in [-0.15, -0.1) is 0 Å². The molecule has 5 aliphatic carbocycles. The number of hydrogen-bond donors (Lipinski definition) is 2. The number of aliphatic carboxylic acids is 1. The number of Topliss-reactive ketones (excluding diaryl/α,β-unsaturated/α-hetero) is 1. The van der Waals surface area contributed by atoms with Gasteiger partial charge < -0.3 is 10.2 Å². The van der Waals surface area contributed by atoms with Crippen LogP contribution in [0.1, 0.15) is 98.8 Å². The molecule has 4 nitrogen and oxygen atoms in total. The van der Waals surface area contributed by atoms with Crippen molar-refractivity contribution in [2.75, 3.05) is 6.61 Å². The van der Waals surface area contributed by atoms with Gasteiger partial charge in [0.2, 0.25) is 0 Å². The molecule has 0 aromatic heterocycles. The lowest BCUT2D eigenvalue weighted by atomic mass is 9.32. The van der Waals surface area contributed by atoms with Gasteiger partial charge in [0.05, 0.1) is 17.4 Å². The Bertz CT molecular complexity index is 925. The average Bonchev–Trinajstić information content (AvgIpc) is 3.18. The molecule has 0 aliphatic heterocycles. The maximum absolute atomic E-state index is 13.0. The number of carbonyl (C=O) groups is 2. The van der Waals surface area contributed by atoms with E-state index in [4.69, 9.17) is 0 Å². The minimum atomic E-state index is -0.617. The molecular weight excluding hydrogens is 424 g/mol. The van der Waals surface area contributed by atoms with Crippen LogP contribution in [-0.2, 0) is 9.59 Å². The van der Waals surface area contributed by atoms with E-state index in [9.17, 15) is 19.8 Å². The molecule has 2 N–H and O–H groups in total. The lowest BCUT2D eigenvalue weighted by Gasteiger charge is -2.72. The molecule has 34 heavy (non-hydrogen) atoms. The van der Waals surface area contributed by atoms with E-state index in [0.29, 0.717) is 24.2 Å². The molecular formula is C30H46O4. The Morgan fingerprint density at radius 3 is 2.26 bits per heavy atom. The quantitative estimate of drug-likeness (QED) is 0.477. The van der Waals surface area contributed by atoms with Crippen LogP contribution in [0.3, 0.4) is 0 Å². The summed E-state index contributed by atoms with van der Waals surface area (Å²) in [6, 6.07) is 0. The van der Waals surface area contributed by atoms with Gasteiger partial charge in [-0.05, 0) is 111 Å². The highest BCUT2D eigenvalue weighted by molar-refractivity contribution is 5.86. The molecule has 5 fully saturated rings. The van der Waals surface area contributed by atoms with Crippen LogP contribution in [0.25, 0.3) is 0 Å². The normalized spacial score (nSPS) is 54.4. The van der Waals surface area contributed by atoms with Gasteiger partial charge in [-0.25, -0.2) is 0 Å². The number of aliphatic hydroxyl groups excluding tert-OH is 1. The molecule has 0 heterocycles. The lowest BCUT2D eigenvalue weighted by molar-refractivity contribution is -0.238. The monoisotopic (exact) mass is 470 g/mol. The Labute approximate surface area is 206 Å². The van der Waals surface area contributed by atoms with Gasteiger partial charge in [0.15, 0.2) is 0 Å². The van der Waals surface area contributed by atoms with Crippen LogP contribution < -0.4 is 0 Å². The third-order valence-electron chi connectivity index (χ3n) is 13.4. The molecule has 0 radical (unpaired) electrons. The summed E-state index contributed by atoms with van der Waals surface area (Å²) in [5.74, 6) is 1.35. The molecule has 0 aromatic rings. The van der Waals surface area contributed by atoms with Gasteiger partial charge in [-0.1, -0.05) is 39.8 Å². The average molecular weight is 471 g/mol. The van der Waals surface area contributed by atoms with Crippen LogP contribution in [0.15, 0.2) is 12.2 Å². The molecule has 0 amide bonds. The maximum atomic E-state index is 13.0. The second-order valence-corrected chi connectivity index (χ2v) is 14.1. The van der Waals surface area contributed by atoms with Gasteiger partial charge in [-0.2, -0.15) is 0 Å². The fourth-order valence-electron chi connectivity index (χ4n) is 11.3. The molecule has 0 bridgehead atoms. The van der Waals surface area contributed by atoms with E-state index in [-0.39, 0.29) is 40.5 Å². The van der Waals surface area contributed by atoms with Crippen LogP contribution in [0, 0.1) is 56.7 Å². The van der Waals surface area contributed by atoms with Crippen molar-refractivity contribution in [3.05, 3.63) is 12.2 Å². The molecule has 5 saturated carbocycles. The summed E-state index contributed by atoms with van der Waals surface area (Å²) in [5, 5.41) is 20.8. The van der Waals surface area contributed by atoms with Crippen molar-refractivity contribution in [3.8, 4) is 0 Å². The highest BCUT2D eigenvalue weighted by Crippen LogP contribution is 2.77. The van der Waals surface area contributed by atoms with Crippen LogP contribution in [0.5, 0.6) is 0 Å². The van der Waals surface area contributed by atoms with E-state index in [2.05, 4.69) is 34.3 Å². The number of carboxylic acids is 1.